The lowest BCUT2D eigenvalue weighted by atomic mass is 10.0. The molecule has 1 aliphatic rings. The standard InChI is InChI=1S/C17H24ClN3O2.ClH/c1-11(2)20-16(22)14-5-4-10-21(14)15(17(23)19-3)12-6-8-13(18)9-7-12;/h6-9,11,14-15H,4-5,10H2,1-3H3,(H,19,23)(H,20,22);1H/t14-,15+;/m0./s1. The van der Waals surface area contributed by atoms with E-state index < -0.39 is 6.04 Å². The first kappa shape index (κ1) is 20.7. The van der Waals surface area contributed by atoms with Crippen LogP contribution in [0.1, 0.15) is 38.3 Å². The average molecular weight is 374 g/mol. The molecule has 5 nitrogen and oxygen atoms in total. The van der Waals surface area contributed by atoms with E-state index in [-0.39, 0.29) is 36.3 Å². The van der Waals surface area contributed by atoms with Crippen molar-refractivity contribution in [3.8, 4) is 0 Å². The quantitative estimate of drug-likeness (QED) is 0.833. The Morgan fingerprint density at radius 3 is 2.42 bits per heavy atom. The number of hydrogen-bond acceptors (Lipinski definition) is 3. The van der Waals surface area contributed by atoms with Crippen molar-refractivity contribution in [3.63, 3.8) is 0 Å². The molecule has 2 atom stereocenters. The van der Waals surface area contributed by atoms with Gasteiger partial charge in [0, 0.05) is 24.7 Å². The maximum atomic E-state index is 12.5. The second-order valence-electron chi connectivity index (χ2n) is 6.13. The molecule has 2 rings (SSSR count). The van der Waals surface area contributed by atoms with Crippen molar-refractivity contribution in [2.75, 3.05) is 13.6 Å². The average Bonchev–Trinajstić information content (AvgIpc) is 2.98. The van der Waals surface area contributed by atoms with Crippen LogP contribution < -0.4 is 10.6 Å². The van der Waals surface area contributed by atoms with E-state index in [9.17, 15) is 9.59 Å². The van der Waals surface area contributed by atoms with E-state index in [1.54, 1.807) is 19.2 Å². The van der Waals surface area contributed by atoms with Crippen LogP contribution in [0.5, 0.6) is 0 Å². The van der Waals surface area contributed by atoms with Gasteiger partial charge in [0.05, 0.1) is 6.04 Å². The van der Waals surface area contributed by atoms with Crippen LogP contribution in [0.2, 0.25) is 5.02 Å². The number of nitrogens with one attached hydrogen (secondary N) is 2. The van der Waals surface area contributed by atoms with Crippen LogP contribution in [0.25, 0.3) is 0 Å². The van der Waals surface area contributed by atoms with Crippen molar-refractivity contribution in [1.29, 1.82) is 0 Å². The molecule has 1 heterocycles. The summed E-state index contributed by atoms with van der Waals surface area (Å²) in [4.78, 5) is 26.9. The van der Waals surface area contributed by atoms with Crippen LogP contribution >= 0.6 is 24.0 Å². The van der Waals surface area contributed by atoms with Gasteiger partial charge in [0.2, 0.25) is 11.8 Å². The minimum absolute atomic E-state index is 0. The summed E-state index contributed by atoms with van der Waals surface area (Å²) >= 11 is 5.95. The summed E-state index contributed by atoms with van der Waals surface area (Å²) in [5.74, 6) is -0.128. The van der Waals surface area contributed by atoms with Crippen LogP contribution in [0.15, 0.2) is 24.3 Å². The molecule has 7 heteroatoms. The van der Waals surface area contributed by atoms with E-state index >= 15 is 0 Å². The van der Waals surface area contributed by atoms with Gasteiger partial charge in [0.1, 0.15) is 6.04 Å². The maximum Gasteiger partial charge on any atom is 0.241 e. The first-order valence-electron chi connectivity index (χ1n) is 7.97. The Balaban J connectivity index is 0.00000288. The Morgan fingerprint density at radius 1 is 1.25 bits per heavy atom. The molecule has 0 radical (unpaired) electrons. The second-order valence-corrected chi connectivity index (χ2v) is 6.56. The third-order valence-electron chi connectivity index (χ3n) is 4.04. The summed E-state index contributed by atoms with van der Waals surface area (Å²) in [5, 5.41) is 6.29. The number of halogens is 2. The Morgan fingerprint density at radius 2 is 1.88 bits per heavy atom. The topological polar surface area (TPSA) is 61.4 Å². The first-order valence-corrected chi connectivity index (χ1v) is 8.35. The van der Waals surface area contributed by atoms with Crippen molar-refractivity contribution < 1.29 is 9.59 Å². The van der Waals surface area contributed by atoms with E-state index in [0.29, 0.717) is 5.02 Å². The third kappa shape index (κ3) is 4.85. The molecule has 0 aromatic heterocycles. The summed E-state index contributed by atoms with van der Waals surface area (Å²) in [5.41, 5.74) is 0.845. The lowest BCUT2D eigenvalue weighted by molar-refractivity contribution is -0.131. The molecule has 2 N–H and O–H groups in total. The lowest BCUT2D eigenvalue weighted by Gasteiger charge is -2.31. The fourth-order valence-electron chi connectivity index (χ4n) is 3.04. The molecule has 1 fully saturated rings. The molecular weight excluding hydrogens is 349 g/mol. The highest BCUT2D eigenvalue weighted by molar-refractivity contribution is 6.30. The van der Waals surface area contributed by atoms with Crippen molar-refractivity contribution in [2.24, 2.45) is 0 Å². The van der Waals surface area contributed by atoms with Gasteiger partial charge in [-0.25, -0.2) is 0 Å². The predicted molar refractivity (Wildman–Crippen MR) is 98.5 cm³/mol. The Bertz CT molecular complexity index is 563. The zero-order chi connectivity index (χ0) is 17.0. The number of likely N-dealkylation sites (N-methyl/N-ethyl adjacent to an activating group) is 1. The van der Waals surface area contributed by atoms with Crippen molar-refractivity contribution >= 4 is 35.8 Å². The van der Waals surface area contributed by atoms with Crippen LogP contribution in [-0.2, 0) is 9.59 Å². The first-order chi connectivity index (χ1) is 10.9. The van der Waals surface area contributed by atoms with Gasteiger partial charge in [-0.2, -0.15) is 0 Å². The van der Waals surface area contributed by atoms with Gasteiger partial charge in [-0.15, -0.1) is 12.4 Å². The summed E-state index contributed by atoms with van der Waals surface area (Å²) < 4.78 is 0. The molecule has 0 spiro atoms. The molecular formula is C17H25Cl2N3O2. The van der Waals surface area contributed by atoms with Crippen LogP contribution in [0.3, 0.4) is 0 Å². The zero-order valence-corrected chi connectivity index (χ0v) is 15.8. The molecule has 1 saturated heterocycles. The van der Waals surface area contributed by atoms with E-state index in [0.717, 1.165) is 24.9 Å². The Kier molecular flexibility index (Phi) is 8.00. The summed E-state index contributed by atoms with van der Waals surface area (Å²) in [6.45, 7) is 4.59. The number of carbonyl (C=O) groups excluding carboxylic acids is 2. The van der Waals surface area contributed by atoms with E-state index in [1.165, 1.54) is 0 Å². The van der Waals surface area contributed by atoms with Gasteiger partial charge in [0.15, 0.2) is 0 Å². The van der Waals surface area contributed by atoms with Crippen molar-refractivity contribution in [2.45, 2.75) is 44.8 Å². The zero-order valence-electron chi connectivity index (χ0n) is 14.2. The molecule has 2 amide bonds. The van der Waals surface area contributed by atoms with E-state index in [1.807, 2.05) is 30.9 Å². The van der Waals surface area contributed by atoms with Gasteiger partial charge in [-0.3, -0.25) is 14.5 Å². The molecule has 1 aliphatic heterocycles. The minimum atomic E-state index is -0.484. The number of hydrogen-bond donors (Lipinski definition) is 2. The Hall–Kier alpha value is -1.30. The fourth-order valence-corrected chi connectivity index (χ4v) is 3.16. The second kappa shape index (κ2) is 9.25. The molecule has 1 aromatic carbocycles. The Labute approximate surface area is 154 Å². The number of nitrogens with zero attached hydrogens (tertiary/aromatic N) is 1. The minimum Gasteiger partial charge on any atom is -0.358 e. The van der Waals surface area contributed by atoms with Gasteiger partial charge in [0.25, 0.3) is 0 Å². The van der Waals surface area contributed by atoms with E-state index in [2.05, 4.69) is 10.6 Å². The number of amides is 2. The summed E-state index contributed by atoms with van der Waals surface area (Å²) in [7, 11) is 1.62. The third-order valence-corrected chi connectivity index (χ3v) is 4.29. The number of likely N-dealkylation sites (tertiary alicyclic amines) is 1. The summed E-state index contributed by atoms with van der Waals surface area (Å²) in [6.07, 6.45) is 1.66. The smallest absolute Gasteiger partial charge is 0.241 e. The molecule has 24 heavy (non-hydrogen) atoms. The van der Waals surface area contributed by atoms with Crippen molar-refractivity contribution in [3.05, 3.63) is 34.9 Å². The lowest BCUT2D eigenvalue weighted by Crippen LogP contribution is -2.49. The maximum absolute atomic E-state index is 12.5. The van der Waals surface area contributed by atoms with Gasteiger partial charge in [-0.05, 0) is 44.4 Å². The molecule has 0 aliphatic carbocycles. The molecule has 0 saturated carbocycles. The number of rotatable bonds is 5. The number of benzene rings is 1. The normalized spacial score (nSPS) is 18.8. The van der Waals surface area contributed by atoms with Crippen LogP contribution in [0.4, 0.5) is 0 Å². The summed E-state index contributed by atoms with van der Waals surface area (Å²) in [6, 6.07) is 6.55. The molecule has 1 aromatic rings. The fraction of sp³-hybridized carbons (Fsp3) is 0.529. The van der Waals surface area contributed by atoms with Gasteiger partial charge in [-0.1, -0.05) is 23.7 Å². The SMILES string of the molecule is CNC(=O)[C@@H](c1ccc(Cl)cc1)N1CCC[C@H]1C(=O)NC(C)C.Cl. The highest BCUT2D eigenvalue weighted by Gasteiger charge is 2.39. The predicted octanol–water partition coefficient (Wildman–Crippen LogP) is 2.54. The van der Waals surface area contributed by atoms with E-state index in [4.69, 9.17) is 11.6 Å². The highest BCUT2D eigenvalue weighted by atomic mass is 35.5. The molecule has 0 bridgehead atoms. The van der Waals surface area contributed by atoms with Gasteiger partial charge < -0.3 is 10.6 Å². The highest BCUT2D eigenvalue weighted by Crippen LogP contribution is 2.30. The van der Waals surface area contributed by atoms with Gasteiger partial charge >= 0.3 is 0 Å². The van der Waals surface area contributed by atoms with Crippen LogP contribution in [-0.4, -0.2) is 42.4 Å². The largest absolute Gasteiger partial charge is 0.358 e. The monoisotopic (exact) mass is 373 g/mol. The number of carbonyl (C=O) groups is 2. The molecule has 0 unspecified atom stereocenters. The molecule has 134 valence electrons. The van der Waals surface area contributed by atoms with Crippen molar-refractivity contribution in [1.82, 2.24) is 15.5 Å². The van der Waals surface area contributed by atoms with Crippen LogP contribution in [0, 0.1) is 0 Å².